The first-order chi connectivity index (χ1) is 13.2. The molecule has 3 N–H and O–H groups in total. The Morgan fingerprint density at radius 2 is 1.68 bits per heavy atom. The first-order valence-corrected chi connectivity index (χ1v) is 11.7. The van der Waals surface area contributed by atoms with Crippen molar-refractivity contribution in [3.8, 4) is 0 Å². The van der Waals surface area contributed by atoms with E-state index in [0.717, 1.165) is 32.1 Å². The molecule has 0 aromatic rings. The van der Waals surface area contributed by atoms with Crippen LogP contribution in [0.4, 0.5) is 0 Å². The van der Waals surface area contributed by atoms with E-state index in [4.69, 9.17) is 5.11 Å². The molecule has 0 aromatic carbocycles. The highest BCUT2D eigenvalue weighted by Crippen LogP contribution is 2.68. The van der Waals surface area contributed by atoms with Gasteiger partial charge in [0.15, 0.2) is 0 Å². The Morgan fingerprint density at radius 1 is 1.00 bits per heavy atom. The van der Waals surface area contributed by atoms with Gasteiger partial charge in [0.1, 0.15) is 0 Å². The average Bonchev–Trinajstić information content (AvgIpc) is 2.98. The Morgan fingerprint density at radius 3 is 2.39 bits per heavy atom. The lowest BCUT2D eigenvalue weighted by atomic mass is 9.43. The van der Waals surface area contributed by atoms with Crippen molar-refractivity contribution in [2.75, 3.05) is 0 Å². The van der Waals surface area contributed by atoms with Crippen LogP contribution in [0.15, 0.2) is 0 Å². The maximum atomic E-state index is 11.2. The molecule has 0 aromatic heterocycles. The highest BCUT2D eigenvalue weighted by molar-refractivity contribution is 5.66. The number of carbonyl (C=O) groups is 1. The molecule has 4 saturated carbocycles. The maximum absolute atomic E-state index is 11.2. The molecule has 0 spiro atoms. The zero-order valence-corrected chi connectivity index (χ0v) is 17.9. The number of carboxylic acid groups (broad SMARTS) is 1. The minimum Gasteiger partial charge on any atom is -0.481 e. The standard InChI is InChI=1S/C24H40O4/c1-14(4-7-21(27)28)17-5-6-18-22-19(9-11-24(17,18)3)23(2)10-8-16(25)12-15(23)13-20(22)26/h14-20,22,25-26H,4-13H2,1-3H3,(H,27,28)/t14-,15+,16-,17-,18+,19+,20?,22?,23?,24-/m1/s1. The predicted molar refractivity (Wildman–Crippen MR) is 109 cm³/mol. The van der Waals surface area contributed by atoms with Crippen LogP contribution in [0.1, 0.15) is 85.0 Å². The number of rotatable bonds is 4. The van der Waals surface area contributed by atoms with Gasteiger partial charge in [-0.1, -0.05) is 20.8 Å². The topological polar surface area (TPSA) is 77.8 Å². The summed E-state index contributed by atoms with van der Waals surface area (Å²) in [5, 5.41) is 30.5. The smallest absolute Gasteiger partial charge is 0.303 e. The summed E-state index contributed by atoms with van der Waals surface area (Å²) in [4.78, 5) is 11.1. The minimum absolute atomic E-state index is 0.179. The van der Waals surface area contributed by atoms with Crippen LogP contribution in [0.5, 0.6) is 0 Å². The molecule has 4 heteroatoms. The molecule has 4 rings (SSSR count). The molecule has 28 heavy (non-hydrogen) atoms. The van der Waals surface area contributed by atoms with Crippen LogP contribution in [0.3, 0.4) is 0 Å². The quantitative estimate of drug-likeness (QED) is 0.659. The Bertz CT molecular complexity index is 605. The van der Waals surface area contributed by atoms with E-state index in [1.54, 1.807) is 0 Å². The van der Waals surface area contributed by atoms with Crippen molar-refractivity contribution < 1.29 is 20.1 Å². The average molecular weight is 393 g/mol. The molecule has 0 aliphatic heterocycles. The van der Waals surface area contributed by atoms with E-state index in [0.29, 0.717) is 35.5 Å². The van der Waals surface area contributed by atoms with Gasteiger partial charge in [-0.25, -0.2) is 0 Å². The zero-order chi connectivity index (χ0) is 20.3. The normalized spacial score (nSPS) is 51.7. The number of aliphatic carboxylic acids is 1. The summed E-state index contributed by atoms with van der Waals surface area (Å²) in [5.41, 5.74) is 0.523. The minimum atomic E-state index is -0.684. The SMILES string of the molecule is C[C@H](CCC(=O)O)[C@H]1CC[C@H]2C3C(O)C[C@@H]4C[C@H](O)CCC4(C)[C@H]3CC[C@]12C. The van der Waals surface area contributed by atoms with Crippen LogP contribution < -0.4 is 0 Å². The third-order valence-corrected chi connectivity index (χ3v) is 10.2. The summed E-state index contributed by atoms with van der Waals surface area (Å²) < 4.78 is 0. The summed E-state index contributed by atoms with van der Waals surface area (Å²) >= 11 is 0. The van der Waals surface area contributed by atoms with Gasteiger partial charge >= 0.3 is 5.97 Å². The van der Waals surface area contributed by atoms with Gasteiger partial charge in [0.2, 0.25) is 0 Å². The molecule has 4 nitrogen and oxygen atoms in total. The molecule has 4 aliphatic rings. The van der Waals surface area contributed by atoms with Crippen molar-refractivity contribution in [1.29, 1.82) is 0 Å². The largest absolute Gasteiger partial charge is 0.481 e. The highest BCUT2D eigenvalue weighted by atomic mass is 16.4. The fourth-order valence-corrected chi connectivity index (χ4v) is 8.73. The number of fused-ring (bicyclic) bond motifs is 5. The van der Waals surface area contributed by atoms with E-state index in [1.807, 2.05) is 0 Å². The molecule has 0 heterocycles. The lowest BCUT2D eigenvalue weighted by Gasteiger charge is -2.62. The lowest BCUT2D eigenvalue weighted by Crippen LogP contribution is -2.58. The first-order valence-electron chi connectivity index (χ1n) is 11.7. The van der Waals surface area contributed by atoms with E-state index in [-0.39, 0.29) is 29.5 Å². The van der Waals surface area contributed by atoms with Crippen molar-refractivity contribution in [2.24, 2.45) is 46.3 Å². The molecule has 0 bridgehead atoms. The Balaban J connectivity index is 1.55. The van der Waals surface area contributed by atoms with Crippen molar-refractivity contribution in [3.05, 3.63) is 0 Å². The number of hydrogen-bond donors (Lipinski definition) is 3. The number of carboxylic acids is 1. The fraction of sp³-hybridized carbons (Fsp3) is 0.958. The van der Waals surface area contributed by atoms with E-state index in [9.17, 15) is 15.0 Å². The highest BCUT2D eigenvalue weighted by Gasteiger charge is 2.62. The summed E-state index contributed by atoms with van der Waals surface area (Å²) in [6.45, 7) is 7.16. The molecule has 160 valence electrons. The zero-order valence-electron chi connectivity index (χ0n) is 17.9. The second-order valence-corrected chi connectivity index (χ2v) is 11.4. The van der Waals surface area contributed by atoms with Gasteiger partial charge in [-0.2, -0.15) is 0 Å². The van der Waals surface area contributed by atoms with Gasteiger partial charge in [-0.15, -0.1) is 0 Å². The van der Waals surface area contributed by atoms with Gasteiger partial charge in [-0.3, -0.25) is 4.79 Å². The molecule has 4 fully saturated rings. The Kier molecular flexibility index (Phi) is 5.36. The predicted octanol–water partition coefficient (Wildman–Crippen LogP) is 4.48. The molecule has 10 atom stereocenters. The van der Waals surface area contributed by atoms with E-state index in [2.05, 4.69) is 20.8 Å². The van der Waals surface area contributed by atoms with Crippen LogP contribution in [0, 0.1) is 46.3 Å². The number of aliphatic hydroxyl groups excluding tert-OH is 2. The van der Waals surface area contributed by atoms with Crippen LogP contribution in [-0.2, 0) is 4.79 Å². The Hall–Kier alpha value is -0.610. The van der Waals surface area contributed by atoms with E-state index in [1.165, 1.54) is 25.7 Å². The maximum Gasteiger partial charge on any atom is 0.303 e. The third-order valence-electron chi connectivity index (χ3n) is 10.2. The molecule has 0 radical (unpaired) electrons. The van der Waals surface area contributed by atoms with Gasteiger partial charge < -0.3 is 15.3 Å². The molecular formula is C24H40O4. The molecule has 0 saturated heterocycles. The monoisotopic (exact) mass is 392 g/mol. The number of hydrogen-bond acceptors (Lipinski definition) is 3. The van der Waals surface area contributed by atoms with Crippen LogP contribution in [0.2, 0.25) is 0 Å². The van der Waals surface area contributed by atoms with Crippen LogP contribution in [-0.4, -0.2) is 33.5 Å². The Labute approximate surface area is 170 Å². The molecule has 3 unspecified atom stereocenters. The van der Waals surface area contributed by atoms with Gasteiger partial charge in [0.25, 0.3) is 0 Å². The van der Waals surface area contributed by atoms with E-state index < -0.39 is 5.97 Å². The van der Waals surface area contributed by atoms with Crippen molar-refractivity contribution in [3.63, 3.8) is 0 Å². The summed E-state index contributed by atoms with van der Waals surface area (Å²) in [6.07, 6.45) is 9.19. The van der Waals surface area contributed by atoms with Crippen molar-refractivity contribution >= 4 is 5.97 Å². The van der Waals surface area contributed by atoms with Crippen LogP contribution in [0.25, 0.3) is 0 Å². The van der Waals surface area contributed by atoms with E-state index >= 15 is 0 Å². The van der Waals surface area contributed by atoms with Gasteiger partial charge in [-0.05, 0) is 104 Å². The lowest BCUT2D eigenvalue weighted by molar-refractivity contribution is -0.174. The second kappa shape index (κ2) is 7.27. The molecular weight excluding hydrogens is 352 g/mol. The molecule has 4 aliphatic carbocycles. The third kappa shape index (κ3) is 3.14. The second-order valence-electron chi connectivity index (χ2n) is 11.4. The van der Waals surface area contributed by atoms with Crippen LogP contribution >= 0.6 is 0 Å². The number of aliphatic hydroxyl groups is 2. The first kappa shape index (κ1) is 20.7. The van der Waals surface area contributed by atoms with Gasteiger partial charge in [0.05, 0.1) is 12.2 Å². The summed E-state index contributed by atoms with van der Waals surface area (Å²) in [6, 6.07) is 0. The van der Waals surface area contributed by atoms with Gasteiger partial charge in [0, 0.05) is 6.42 Å². The summed E-state index contributed by atoms with van der Waals surface area (Å²) in [7, 11) is 0. The molecule has 0 amide bonds. The van der Waals surface area contributed by atoms with Crippen molar-refractivity contribution in [1.82, 2.24) is 0 Å². The summed E-state index contributed by atoms with van der Waals surface area (Å²) in [5.74, 6) is 2.36. The fourth-order valence-electron chi connectivity index (χ4n) is 8.73. The van der Waals surface area contributed by atoms with Crippen molar-refractivity contribution in [2.45, 2.75) is 97.2 Å².